The first-order chi connectivity index (χ1) is 26.4. The highest BCUT2D eigenvalue weighted by molar-refractivity contribution is 6.02. The minimum absolute atomic E-state index is 0.176. The number of amides is 1. The number of carbonyl (C=O) groups excluding carboxylic acids is 1. The van der Waals surface area contributed by atoms with E-state index in [1.165, 1.54) is 0 Å². The molecule has 0 spiro atoms. The molecule has 12 nitrogen and oxygen atoms in total. The van der Waals surface area contributed by atoms with E-state index < -0.39 is 6.17 Å². The number of anilines is 1. The number of fused-ring (bicyclic) bond motifs is 1. The van der Waals surface area contributed by atoms with E-state index in [1.54, 1.807) is 55.8 Å². The minimum Gasteiger partial charge on any atom is -0.497 e. The van der Waals surface area contributed by atoms with E-state index in [1.807, 2.05) is 66.7 Å². The summed E-state index contributed by atoms with van der Waals surface area (Å²) in [5.74, 6) is 5.14. The molecular weight excluding hydrogens is 692 g/mol. The monoisotopic (exact) mass is 742 g/mol. The molecule has 54 heavy (non-hydrogen) atoms. The number of benzene rings is 4. The van der Waals surface area contributed by atoms with Gasteiger partial charge in [0.15, 0.2) is 34.5 Å². The summed E-state index contributed by atoms with van der Waals surface area (Å²) in [6, 6.07) is 18.6. The van der Waals surface area contributed by atoms with Crippen molar-refractivity contribution in [1.29, 1.82) is 0 Å². The van der Waals surface area contributed by atoms with Crippen LogP contribution in [0.2, 0.25) is 0 Å². The zero-order chi connectivity index (χ0) is 38.5. The Morgan fingerprint density at radius 1 is 0.537 bits per heavy atom. The Kier molecular flexibility index (Phi) is 14.0. The van der Waals surface area contributed by atoms with E-state index >= 15 is 0 Å². The number of ether oxygens (including phenoxy) is 9. The SMILES string of the molecule is COc1ccc2c(c1)C(=O)NC(c1ccc(OCCCCCCCOc3c(OC)ccc(/C=C/c4cc(OC)c(OC)c(OC)c4)c3OC)c(OC)c1)N2. The largest absolute Gasteiger partial charge is 0.497 e. The predicted octanol–water partition coefficient (Wildman–Crippen LogP) is 8.18. The van der Waals surface area contributed by atoms with Gasteiger partial charge in [0.25, 0.3) is 5.91 Å². The maximum Gasteiger partial charge on any atom is 0.255 e. The molecule has 1 aliphatic heterocycles. The number of methoxy groups -OCH3 is 7. The van der Waals surface area contributed by atoms with Gasteiger partial charge in [-0.3, -0.25) is 4.79 Å². The number of hydrogen-bond donors (Lipinski definition) is 2. The Morgan fingerprint density at radius 2 is 1.19 bits per heavy atom. The average Bonchev–Trinajstić information content (AvgIpc) is 3.21. The van der Waals surface area contributed by atoms with Gasteiger partial charge in [-0.25, -0.2) is 0 Å². The second-order valence-electron chi connectivity index (χ2n) is 12.3. The molecule has 0 aromatic heterocycles. The Bertz CT molecular complexity index is 1890. The van der Waals surface area contributed by atoms with E-state index in [-0.39, 0.29) is 5.91 Å². The molecule has 1 atom stereocenters. The van der Waals surface area contributed by atoms with Crippen LogP contribution in [0.4, 0.5) is 5.69 Å². The van der Waals surface area contributed by atoms with Gasteiger partial charge >= 0.3 is 0 Å². The number of rotatable bonds is 20. The van der Waals surface area contributed by atoms with Crippen molar-refractivity contribution in [2.75, 3.05) is 68.3 Å². The molecule has 0 bridgehead atoms. The van der Waals surface area contributed by atoms with Crippen molar-refractivity contribution in [2.45, 2.75) is 38.3 Å². The van der Waals surface area contributed by atoms with Gasteiger partial charge in [-0.15, -0.1) is 0 Å². The zero-order valence-electron chi connectivity index (χ0n) is 32.0. The summed E-state index contributed by atoms with van der Waals surface area (Å²) in [5, 5.41) is 6.37. The fraction of sp³-hybridized carbons (Fsp3) is 0.357. The molecule has 0 saturated carbocycles. The number of carbonyl (C=O) groups is 1. The molecule has 0 saturated heterocycles. The summed E-state index contributed by atoms with van der Waals surface area (Å²) in [6.45, 7) is 1.08. The van der Waals surface area contributed by atoms with Crippen molar-refractivity contribution in [2.24, 2.45) is 0 Å². The smallest absolute Gasteiger partial charge is 0.255 e. The third kappa shape index (κ3) is 9.35. The summed E-state index contributed by atoms with van der Waals surface area (Å²) in [7, 11) is 11.2. The van der Waals surface area contributed by atoms with Crippen molar-refractivity contribution in [3.63, 3.8) is 0 Å². The molecule has 4 aromatic rings. The highest BCUT2D eigenvalue weighted by Gasteiger charge is 2.26. The third-order valence-electron chi connectivity index (χ3n) is 9.03. The standard InChI is InChI=1S/C42H50N2O10/c1-46-30-17-18-32-31(26-30)42(45)44-41(43-32)29-16-19-33(35(25-29)48-3)53-21-11-9-8-10-12-22-54-40-34(47-2)20-15-28(38(40)51-6)14-13-27-23-36(49-4)39(52-7)37(24-27)50-5/h13-20,23-26,41,43H,8-12,21-22H2,1-7H3,(H,44,45)/b14-13+. The summed E-state index contributed by atoms with van der Waals surface area (Å²) < 4.78 is 51.0. The lowest BCUT2D eigenvalue weighted by Crippen LogP contribution is -2.38. The van der Waals surface area contributed by atoms with Crippen LogP contribution >= 0.6 is 0 Å². The highest BCUT2D eigenvalue weighted by Crippen LogP contribution is 2.42. The van der Waals surface area contributed by atoms with Gasteiger partial charge in [0.1, 0.15) is 11.9 Å². The first-order valence-electron chi connectivity index (χ1n) is 17.8. The molecule has 288 valence electrons. The van der Waals surface area contributed by atoms with E-state index in [0.717, 1.165) is 54.5 Å². The molecule has 12 heteroatoms. The van der Waals surface area contributed by atoms with Crippen molar-refractivity contribution in [1.82, 2.24) is 5.32 Å². The minimum atomic E-state index is -0.409. The average molecular weight is 743 g/mol. The van der Waals surface area contributed by atoms with Crippen LogP contribution in [0.3, 0.4) is 0 Å². The normalized spacial score (nSPS) is 13.3. The van der Waals surface area contributed by atoms with Gasteiger partial charge in [0.2, 0.25) is 11.5 Å². The second kappa shape index (κ2) is 19.2. The van der Waals surface area contributed by atoms with Crippen LogP contribution < -0.4 is 53.3 Å². The third-order valence-corrected chi connectivity index (χ3v) is 9.03. The fourth-order valence-corrected chi connectivity index (χ4v) is 6.19. The Hall–Kier alpha value is -5.91. The molecule has 2 N–H and O–H groups in total. The van der Waals surface area contributed by atoms with Gasteiger partial charge in [0, 0.05) is 11.3 Å². The second-order valence-corrected chi connectivity index (χ2v) is 12.3. The van der Waals surface area contributed by atoms with Crippen molar-refractivity contribution in [3.8, 4) is 51.7 Å². The summed E-state index contributed by atoms with van der Waals surface area (Å²) in [4.78, 5) is 12.8. The molecular formula is C42H50N2O10. The molecule has 1 aliphatic rings. The lowest BCUT2D eigenvalue weighted by molar-refractivity contribution is 0.0935. The van der Waals surface area contributed by atoms with Crippen LogP contribution in [0.5, 0.6) is 51.7 Å². The van der Waals surface area contributed by atoms with Crippen molar-refractivity contribution >= 4 is 23.7 Å². The lowest BCUT2D eigenvalue weighted by Gasteiger charge is -2.28. The Balaban J connectivity index is 1.08. The van der Waals surface area contributed by atoms with Gasteiger partial charge in [-0.2, -0.15) is 0 Å². The predicted molar refractivity (Wildman–Crippen MR) is 208 cm³/mol. The van der Waals surface area contributed by atoms with E-state index in [9.17, 15) is 4.79 Å². The van der Waals surface area contributed by atoms with Gasteiger partial charge < -0.3 is 53.3 Å². The molecule has 5 rings (SSSR count). The molecule has 1 amide bonds. The fourth-order valence-electron chi connectivity index (χ4n) is 6.19. The zero-order valence-corrected chi connectivity index (χ0v) is 32.0. The number of unbranched alkanes of at least 4 members (excludes halogenated alkanes) is 4. The Labute approximate surface area is 317 Å². The van der Waals surface area contributed by atoms with Crippen LogP contribution in [-0.4, -0.2) is 68.9 Å². The van der Waals surface area contributed by atoms with Crippen LogP contribution in [0.25, 0.3) is 12.2 Å². The summed E-state index contributed by atoms with van der Waals surface area (Å²) in [6.07, 6.45) is 8.30. The van der Waals surface area contributed by atoms with Gasteiger partial charge in [-0.05, 0) is 78.6 Å². The van der Waals surface area contributed by atoms with Crippen LogP contribution in [0.15, 0.2) is 60.7 Å². The summed E-state index contributed by atoms with van der Waals surface area (Å²) in [5.41, 5.74) is 3.82. The maximum atomic E-state index is 12.8. The topological polar surface area (TPSA) is 124 Å². The molecule has 0 radical (unpaired) electrons. The van der Waals surface area contributed by atoms with Crippen molar-refractivity contribution < 1.29 is 47.4 Å². The molecule has 0 fully saturated rings. The molecule has 1 heterocycles. The maximum absolute atomic E-state index is 12.8. The van der Waals surface area contributed by atoms with Crippen LogP contribution in [0.1, 0.15) is 65.3 Å². The number of hydrogen-bond acceptors (Lipinski definition) is 11. The van der Waals surface area contributed by atoms with Crippen LogP contribution in [-0.2, 0) is 0 Å². The van der Waals surface area contributed by atoms with Gasteiger partial charge in [-0.1, -0.05) is 37.5 Å². The van der Waals surface area contributed by atoms with Crippen LogP contribution in [0, 0.1) is 0 Å². The molecule has 1 unspecified atom stereocenters. The van der Waals surface area contributed by atoms with Crippen molar-refractivity contribution in [3.05, 3.63) is 82.9 Å². The highest BCUT2D eigenvalue weighted by atomic mass is 16.5. The Morgan fingerprint density at radius 3 is 1.83 bits per heavy atom. The lowest BCUT2D eigenvalue weighted by atomic mass is 10.0. The number of nitrogens with one attached hydrogen (secondary N) is 2. The van der Waals surface area contributed by atoms with E-state index in [2.05, 4.69) is 10.6 Å². The quantitative estimate of drug-likeness (QED) is 0.0673. The summed E-state index contributed by atoms with van der Waals surface area (Å²) >= 11 is 0. The van der Waals surface area contributed by atoms with Gasteiger partial charge in [0.05, 0.1) is 68.5 Å². The van der Waals surface area contributed by atoms with E-state index in [4.69, 9.17) is 42.6 Å². The first kappa shape index (κ1) is 39.3. The molecule has 0 aliphatic carbocycles. The molecule has 4 aromatic carbocycles. The first-order valence-corrected chi connectivity index (χ1v) is 17.8. The van der Waals surface area contributed by atoms with E-state index in [0.29, 0.717) is 70.5 Å².